The second-order valence-corrected chi connectivity index (χ2v) is 8.38. The molecule has 2 heterocycles. The van der Waals surface area contributed by atoms with Crippen LogP contribution in [0.2, 0.25) is 0 Å². The molecular weight excluding hydrogens is 436 g/mol. The van der Waals surface area contributed by atoms with Crippen molar-refractivity contribution in [3.05, 3.63) is 71.6 Å². The average Bonchev–Trinajstić information content (AvgIpc) is 3.13. The van der Waals surface area contributed by atoms with Gasteiger partial charge in [0.05, 0.1) is 16.9 Å². The molecule has 2 atom stereocenters. The number of carbonyl (C=O) groups excluding carboxylic acids is 1. The maximum absolute atomic E-state index is 14.6. The van der Waals surface area contributed by atoms with Crippen molar-refractivity contribution >= 4 is 11.6 Å². The Morgan fingerprint density at radius 1 is 1.00 bits per heavy atom. The molecule has 2 unspecified atom stereocenters. The highest BCUT2D eigenvalue weighted by atomic mass is 19.2. The van der Waals surface area contributed by atoms with Gasteiger partial charge in [0.1, 0.15) is 29.8 Å². The van der Waals surface area contributed by atoms with E-state index in [9.17, 15) is 22.4 Å². The third-order valence-corrected chi connectivity index (χ3v) is 5.69. The van der Waals surface area contributed by atoms with Gasteiger partial charge in [-0.25, -0.2) is 27.5 Å². The number of hydrogen-bond acceptors (Lipinski definition) is 4. The molecule has 3 aromatic rings. The molecule has 9 heteroatoms. The van der Waals surface area contributed by atoms with E-state index in [2.05, 4.69) is 20.3 Å². The third-order valence-electron chi connectivity index (χ3n) is 5.69. The van der Waals surface area contributed by atoms with E-state index in [1.165, 1.54) is 24.7 Å². The summed E-state index contributed by atoms with van der Waals surface area (Å²) in [6.07, 6.45) is 0.501. The van der Waals surface area contributed by atoms with E-state index in [4.69, 9.17) is 0 Å². The number of alkyl halides is 2. The Balaban J connectivity index is 1.78. The minimum Gasteiger partial charge on any atom is -0.320 e. The van der Waals surface area contributed by atoms with E-state index in [-0.39, 0.29) is 46.8 Å². The minimum absolute atomic E-state index is 0.0688. The lowest BCUT2D eigenvalue weighted by Crippen LogP contribution is -2.17. The lowest BCUT2D eigenvalue weighted by Gasteiger charge is -2.19. The second-order valence-electron chi connectivity index (χ2n) is 8.38. The molecule has 33 heavy (non-hydrogen) atoms. The van der Waals surface area contributed by atoms with Crippen molar-refractivity contribution in [3.8, 4) is 11.1 Å². The van der Waals surface area contributed by atoms with Gasteiger partial charge >= 0.3 is 0 Å². The zero-order valence-electron chi connectivity index (χ0n) is 18.0. The zero-order chi connectivity index (χ0) is 23.7. The van der Waals surface area contributed by atoms with Crippen molar-refractivity contribution in [1.82, 2.24) is 15.0 Å². The summed E-state index contributed by atoms with van der Waals surface area (Å²) in [7, 11) is 0. The van der Waals surface area contributed by atoms with Crippen molar-refractivity contribution in [2.24, 2.45) is 0 Å². The highest BCUT2D eigenvalue weighted by molar-refractivity contribution is 6.06. The molecule has 1 fully saturated rings. The van der Waals surface area contributed by atoms with Gasteiger partial charge < -0.3 is 5.32 Å². The maximum Gasteiger partial charge on any atom is 0.258 e. The van der Waals surface area contributed by atoms with Crippen LogP contribution in [0.1, 0.15) is 60.4 Å². The summed E-state index contributed by atoms with van der Waals surface area (Å²) in [6.45, 7) is 3.82. The van der Waals surface area contributed by atoms with Gasteiger partial charge in [-0.3, -0.25) is 9.78 Å². The Morgan fingerprint density at radius 3 is 2.30 bits per heavy atom. The van der Waals surface area contributed by atoms with Crippen LogP contribution >= 0.6 is 0 Å². The summed E-state index contributed by atoms with van der Waals surface area (Å²) < 4.78 is 56.4. The van der Waals surface area contributed by atoms with Gasteiger partial charge in [0.2, 0.25) is 0 Å². The van der Waals surface area contributed by atoms with Crippen molar-refractivity contribution in [2.45, 2.75) is 50.9 Å². The summed E-state index contributed by atoms with van der Waals surface area (Å²) >= 11 is 0. The van der Waals surface area contributed by atoms with Crippen LogP contribution in [0.25, 0.3) is 11.1 Å². The largest absolute Gasteiger partial charge is 0.320 e. The van der Waals surface area contributed by atoms with Crippen LogP contribution < -0.4 is 5.32 Å². The fourth-order valence-electron chi connectivity index (χ4n) is 3.94. The molecule has 0 radical (unpaired) electrons. The Hall–Kier alpha value is -3.36. The Morgan fingerprint density at radius 2 is 1.67 bits per heavy atom. The molecular formula is C24H22F4N4O. The maximum atomic E-state index is 14.6. The SMILES string of the molecule is CC(C)c1ncc(C(=O)Nc2c(-c3cc(F)ccc3F)ccnc2C2CC(F)C(F)C2)cn1. The quantitative estimate of drug-likeness (QED) is 0.495. The summed E-state index contributed by atoms with van der Waals surface area (Å²) in [5.41, 5.74) is 0.478. The molecule has 5 nitrogen and oxygen atoms in total. The standard InChI is InChI=1S/C24H22F4N4O/c1-12(2)23-30-10-14(11-31-23)24(33)32-22-16(17-9-15(25)3-4-18(17)26)5-6-29-21(22)13-7-19(27)20(28)8-13/h3-6,9-13,19-20H,7-8H2,1-2H3,(H,32,33). The Bertz CT molecular complexity index is 1160. The van der Waals surface area contributed by atoms with Crippen LogP contribution in [0.15, 0.2) is 42.9 Å². The number of carbonyl (C=O) groups is 1. The number of amides is 1. The molecule has 1 aromatic carbocycles. The van der Waals surface area contributed by atoms with Crippen molar-refractivity contribution in [3.63, 3.8) is 0 Å². The predicted octanol–water partition coefficient (Wildman–Crippen LogP) is 5.75. The fourth-order valence-corrected chi connectivity index (χ4v) is 3.94. The third kappa shape index (κ3) is 4.72. The molecule has 4 rings (SSSR count). The first kappa shape index (κ1) is 22.8. The first-order valence-corrected chi connectivity index (χ1v) is 10.6. The van der Waals surface area contributed by atoms with Crippen molar-refractivity contribution in [2.75, 3.05) is 5.32 Å². The van der Waals surface area contributed by atoms with E-state index in [1.807, 2.05) is 13.8 Å². The van der Waals surface area contributed by atoms with E-state index >= 15 is 0 Å². The number of benzene rings is 1. The van der Waals surface area contributed by atoms with Crippen molar-refractivity contribution < 1.29 is 22.4 Å². The van der Waals surface area contributed by atoms with E-state index < -0.39 is 35.8 Å². The molecule has 2 aromatic heterocycles. The lowest BCUT2D eigenvalue weighted by atomic mass is 9.95. The number of anilines is 1. The monoisotopic (exact) mass is 458 g/mol. The first-order chi connectivity index (χ1) is 15.7. The number of nitrogens with one attached hydrogen (secondary N) is 1. The molecule has 0 saturated heterocycles. The zero-order valence-corrected chi connectivity index (χ0v) is 18.0. The van der Waals surface area contributed by atoms with Gasteiger partial charge in [0.15, 0.2) is 0 Å². The average molecular weight is 458 g/mol. The molecule has 0 bridgehead atoms. The summed E-state index contributed by atoms with van der Waals surface area (Å²) in [5, 5.41) is 2.68. The molecule has 172 valence electrons. The van der Waals surface area contributed by atoms with Gasteiger partial charge in [0.25, 0.3) is 5.91 Å². The molecule has 1 N–H and O–H groups in total. The highest BCUT2D eigenvalue weighted by Crippen LogP contribution is 2.43. The second kappa shape index (κ2) is 9.25. The predicted molar refractivity (Wildman–Crippen MR) is 115 cm³/mol. The number of rotatable bonds is 5. The molecule has 0 aliphatic heterocycles. The molecule has 1 aliphatic rings. The van der Waals surface area contributed by atoms with Crippen LogP contribution in [0.3, 0.4) is 0 Å². The minimum atomic E-state index is -1.66. The van der Waals surface area contributed by atoms with E-state index in [0.29, 0.717) is 5.82 Å². The first-order valence-electron chi connectivity index (χ1n) is 10.6. The number of aromatic nitrogens is 3. The summed E-state index contributed by atoms with van der Waals surface area (Å²) in [5.74, 6) is -2.00. The summed E-state index contributed by atoms with van der Waals surface area (Å²) in [6, 6.07) is 4.37. The van der Waals surface area contributed by atoms with Crippen LogP contribution in [0.5, 0.6) is 0 Å². The molecule has 1 aliphatic carbocycles. The normalized spacial score (nSPS) is 20.3. The Labute approximate surface area is 188 Å². The van der Waals surface area contributed by atoms with E-state index in [1.54, 1.807) is 0 Å². The number of pyridine rings is 1. The number of hydrogen-bond donors (Lipinski definition) is 1. The topological polar surface area (TPSA) is 67.8 Å². The van der Waals surface area contributed by atoms with Gasteiger partial charge in [-0.15, -0.1) is 0 Å². The summed E-state index contributed by atoms with van der Waals surface area (Å²) in [4.78, 5) is 25.6. The number of halogens is 4. The Kier molecular flexibility index (Phi) is 6.40. The van der Waals surface area contributed by atoms with Crippen LogP contribution in [-0.4, -0.2) is 33.2 Å². The lowest BCUT2D eigenvalue weighted by molar-refractivity contribution is 0.102. The van der Waals surface area contributed by atoms with Crippen molar-refractivity contribution in [1.29, 1.82) is 0 Å². The smallest absolute Gasteiger partial charge is 0.258 e. The van der Waals surface area contributed by atoms with Gasteiger partial charge in [-0.2, -0.15) is 0 Å². The molecule has 0 spiro atoms. The van der Waals surface area contributed by atoms with Crippen LogP contribution in [-0.2, 0) is 0 Å². The van der Waals surface area contributed by atoms with Gasteiger partial charge in [-0.05, 0) is 37.1 Å². The van der Waals surface area contributed by atoms with E-state index in [0.717, 1.165) is 18.2 Å². The van der Waals surface area contributed by atoms with Gasteiger partial charge in [-0.1, -0.05) is 13.8 Å². The van der Waals surface area contributed by atoms with Gasteiger partial charge in [0, 0.05) is 41.6 Å². The molecule has 1 saturated carbocycles. The highest BCUT2D eigenvalue weighted by Gasteiger charge is 2.38. The molecule has 1 amide bonds. The van der Waals surface area contributed by atoms with Crippen LogP contribution in [0, 0.1) is 11.6 Å². The number of nitrogens with zero attached hydrogens (tertiary/aromatic N) is 3. The van der Waals surface area contributed by atoms with Crippen LogP contribution in [0.4, 0.5) is 23.2 Å². The fraction of sp³-hybridized carbons (Fsp3) is 0.333.